The van der Waals surface area contributed by atoms with E-state index in [1.165, 1.54) is 0 Å². The highest BCUT2D eigenvalue weighted by Gasteiger charge is 2.40. The average Bonchev–Trinajstić information content (AvgIpc) is 3.17. The molecule has 3 heterocycles. The van der Waals surface area contributed by atoms with Crippen molar-refractivity contribution in [1.29, 1.82) is 0 Å². The predicted molar refractivity (Wildman–Crippen MR) is 125 cm³/mol. The third kappa shape index (κ3) is 4.41. The number of hydrogen-bond acceptors (Lipinski definition) is 7. The molecule has 0 aliphatic heterocycles. The molecule has 2 aliphatic carbocycles. The first-order chi connectivity index (χ1) is 15.2. The molecule has 0 unspecified atom stereocenters. The second-order valence-electron chi connectivity index (χ2n) is 9.75. The highest BCUT2D eigenvalue weighted by Crippen LogP contribution is 2.38. The van der Waals surface area contributed by atoms with Crippen molar-refractivity contribution in [2.24, 2.45) is 0 Å². The second-order valence-corrected chi connectivity index (χ2v) is 10.9. The van der Waals surface area contributed by atoms with Crippen LogP contribution in [0.3, 0.4) is 0 Å². The first kappa shape index (κ1) is 21.1. The molecule has 2 atom stereocenters. The fourth-order valence-electron chi connectivity index (χ4n) is 4.12. The molecule has 2 aliphatic rings. The zero-order valence-electron chi connectivity index (χ0n) is 18.6. The van der Waals surface area contributed by atoms with Crippen LogP contribution in [0.1, 0.15) is 70.2 Å². The monoisotopic (exact) mass is 455 g/mol. The van der Waals surface area contributed by atoms with Crippen LogP contribution in [-0.4, -0.2) is 42.5 Å². The highest BCUT2D eigenvalue weighted by molar-refractivity contribution is 7.81. The Balaban J connectivity index is 1.24. The van der Waals surface area contributed by atoms with E-state index in [0.717, 1.165) is 49.0 Å². The molecule has 9 nitrogen and oxygen atoms in total. The summed E-state index contributed by atoms with van der Waals surface area (Å²) in [5.74, 6) is 1.65. The lowest BCUT2D eigenvalue weighted by Crippen LogP contribution is -2.36. The van der Waals surface area contributed by atoms with E-state index in [-0.39, 0.29) is 28.4 Å². The predicted octanol–water partition coefficient (Wildman–Crippen LogP) is 4.28. The van der Waals surface area contributed by atoms with Gasteiger partial charge in [0.15, 0.2) is 11.6 Å². The Labute approximate surface area is 192 Å². The Morgan fingerprint density at radius 1 is 1.34 bits per heavy atom. The number of carbonyl (C=O) groups excluding carboxylic acids is 1. The van der Waals surface area contributed by atoms with E-state index in [4.69, 9.17) is 4.74 Å². The van der Waals surface area contributed by atoms with Gasteiger partial charge in [-0.1, -0.05) is 0 Å². The van der Waals surface area contributed by atoms with Gasteiger partial charge in [-0.05, 0) is 58.9 Å². The molecule has 5 rings (SSSR count). The second kappa shape index (κ2) is 7.68. The fourth-order valence-corrected chi connectivity index (χ4v) is 4.23. The lowest BCUT2D eigenvalue weighted by molar-refractivity contribution is 0.0967. The van der Waals surface area contributed by atoms with Crippen LogP contribution in [0.5, 0.6) is 0 Å². The normalized spacial score (nSPS) is 22.1. The van der Waals surface area contributed by atoms with Crippen LogP contribution in [-0.2, 0) is 9.48 Å². The molecule has 2 saturated carbocycles. The van der Waals surface area contributed by atoms with Crippen molar-refractivity contribution >= 4 is 35.9 Å². The van der Waals surface area contributed by atoms with Gasteiger partial charge < -0.3 is 15.4 Å². The number of nitrogens with one attached hydrogen (secondary N) is 3. The van der Waals surface area contributed by atoms with Crippen LogP contribution in [0.4, 0.5) is 16.4 Å². The van der Waals surface area contributed by atoms with Crippen LogP contribution < -0.4 is 10.6 Å². The summed E-state index contributed by atoms with van der Waals surface area (Å²) in [6.45, 7) is 6.06. The molecule has 1 amide bonds. The molecular formula is C22H29N7O2S. The maximum Gasteiger partial charge on any atom is 0.407 e. The van der Waals surface area contributed by atoms with Gasteiger partial charge in [-0.15, -0.1) is 0 Å². The van der Waals surface area contributed by atoms with E-state index in [1.807, 2.05) is 39.1 Å². The van der Waals surface area contributed by atoms with Crippen LogP contribution in [0.15, 0.2) is 24.5 Å². The topological polar surface area (TPSA) is 109 Å². The largest absolute Gasteiger partial charge is 0.446 e. The number of carbonyl (C=O) groups is 1. The van der Waals surface area contributed by atoms with E-state index >= 15 is 0 Å². The minimum Gasteiger partial charge on any atom is -0.446 e. The lowest BCUT2D eigenvalue weighted by Gasteiger charge is -2.16. The number of ether oxygens (including phenoxy) is 1. The van der Waals surface area contributed by atoms with E-state index in [0.29, 0.717) is 11.6 Å². The fraction of sp³-hybridized carbons (Fsp3) is 0.545. The third-order valence-electron chi connectivity index (χ3n) is 6.36. The Morgan fingerprint density at radius 3 is 2.91 bits per heavy atom. The number of rotatable bonds is 6. The van der Waals surface area contributed by atoms with Crippen molar-refractivity contribution in [3.8, 4) is 0 Å². The first-order valence-electron chi connectivity index (χ1n) is 11.1. The Kier molecular flexibility index (Phi) is 5.07. The molecule has 10 heteroatoms. The number of amides is 1. The molecule has 0 saturated heterocycles. The summed E-state index contributed by atoms with van der Waals surface area (Å²) in [5.41, 5.74) is 2.70. The Bertz CT molecular complexity index is 1140. The number of fused-ring (bicyclic) bond motifs is 1. The molecule has 32 heavy (non-hydrogen) atoms. The molecule has 3 aromatic rings. The quantitative estimate of drug-likeness (QED) is 0.413. The number of nitrogens with zero attached hydrogens (tertiary/aromatic N) is 4. The smallest absolute Gasteiger partial charge is 0.407 e. The number of aromatic amines is 1. The number of alkyl carbamates (subject to hydrolysis) is 1. The van der Waals surface area contributed by atoms with Crippen molar-refractivity contribution in [3.05, 3.63) is 35.9 Å². The van der Waals surface area contributed by atoms with Crippen LogP contribution in [0.25, 0.3) is 5.52 Å². The van der Waals surface area contributed by atoms with Crippen molar-refractivity contribution in [2.75, 3.05) is 5.32 Å². The van der Waals surface area contributed by atoms with Gasteiger partial charge in [0, 0.05) is 35.6 Å². The standard InChI is InChI=1S/C22H29N7O2S/c1-21(2,32)17-12-16-19(23-8-9-29(16)28-17)24-18-11-15(26-27-18)13-4-5-14(10-13)31-20(30)25-22(3)6-7-22/h8-9,11-14,32H,4-7,10H2,1-3H3,(H,25,30)(H2,23,24,26,27)/t13-,14+/m0/s1. The lowest BCUT2D eigenvalue weighted by atomic mass is 10.0. The Morgan fingerprint density at radius 2 is 2.16 bits per heavy atom. The van der Waals surface area contributed by atoms with E-state index < -0.39 is 0 Å². The number of hydrogen-bond donors (Lipinski definition) is 4. The van der Waals surface area contributed by atoms with Gasteiger partial charge in [0.25, 0.3) is 0 Å². The van der Waals surface area contributed by atoms with E-state index in [9.17, 15) is 4.79 Å². The highest BCUT2D eigenvalue weighted by atomic mass is 32.1. The number of aromatic nitrogens is 5. The van der Waals surface area contributed by atoms with Crippen LogP contribution >= 0.6 is 12.6 Å². The molecular weight excluding hydrogens is 426 g/mol. The SMILES string of the molecule is CC1(NC(=O)O[C@@H]2CC[C@H](c3cc(Nc4nccn5nc(C(C)(C)S)cc45)n[nH]3)C2)CC1. The summed E-state index contributed by atoms with van der Waals surface area (Å²) in [4.78, 5) is 16.6. The Hall–Kier alpha value is -2.75. The third-order valence-corrected chi connectivity index (χ3v) is 6.59. The summed E-state index contributed by atoms with van der Waals surface area (Å²) in [6.07, 6.45) is 7.81. The van der Waals surface area contributed by atoms with Gasteiger partial charge in [0.1, 0.15) is 11.6 Å². The van der Waals surface area contributed by atoms with Gasteiger partial charge >= 0.3 is 6.09 Å². The molecule has 3 N–H and O–H groups in total. The van der Waals surface area contributed by atoms with Crippen molar-refractivity contribution in [2.45, 2.75) is 75.2 Å². The average molecular weight is 456 g/mol. The molecule has 2 fully saturated rings. The summed E-state index contributed by atoms with van der Waals surface area (Å²) >= 11 is 4.62. The maximum atomic E-state index is 12.1. The van der Waals surface area contributed by atoms with E-state index in [2.05, 4.69) is 43.5 Å². The molecule has 0 aromatic carbocycles. The van der Waals surface area contributed by atoms with Gasteiger partial charge in [0.2, 0.25) is 0 Å². The minimum absolute atomic E-state index is 0.0607. The van der Waals surface area contributed by atoms with Gasteiger partial charge in [-0.3, -0.25) is 5.10 Å². The molecule has 0 spiro atoms. The molecule has 3 aromatic heterocycles. The molecule has 170 valence electrons. The van der Waals surface area contributed by atoms with Gasteiger partial charge in [-0.2, -0.15) is 22.8 Å². The van der Waals surface area contributed by atoms with Crippen molar-refractivity contribution in [3.63, 3.8) is 0 Å². The minimum atomic E-state index is -0.350. The van der Waals surface area contributed by atoms with Gasteiger partial charge in [-0.25, -0.2) is 14.3 Å². The number of thiol groups is 1. The van der Waals surface area contributed by atoms with Crippen LogP contribution in [0.2, 0.25) is 0 Å². The van der Waals surface area contributed by atoms with E-state index in [1.54, 1.807) is 10.7 Å². The zero-order valence-corrected chi connectivity index (χ0v) is 19.4. The summed E-state index contributed by atoms with van der Waals surface area (Å²) in [5, 5.41) is 18.4. The summed E-state index contributed by atoms with van der Waals surface area (Å²) < 4.78 is 7.08. The van der Waals surface area contributed by atoms with Gasteiger partial charge in [0.05, 0.1) is 10.4 Å². The first-order valence-corrected chi connectivity index (χ1v) is 11.5. The summed E-state index contributed by atoms with van der Waals surface area (Å²) in [6, 6.07) is 3.99. The zero-order chi connectivity index (χ0) is 22.5. The summed E-state index contributed by atoms with van der Waals surface area (Å²) in [7, 11) is 0. The molecule has 0 radical (unpaired) electrons. The van der Waals surface area contributed by atoms with Crippen molar-refractivity contribution < 1.29 is 9.53 Å². The van der Waals surface area contributed by atoms with Crippen molar-refractivity contribution in [1.82, 2.24) is 30.1 Å². The number of anilines is 2. The number of H-pyrrole nitrogens is 1. The maximum absolute atomic E-state index is 12.1. The van der Waals surface area contributed by atoms with Crippen LogP contribution in [0, 0.1) is 0 Å². The molecule has 0 bridgehead atoms.